The molecule has 1 heterocycles. The van der Waals surface area contributed by atoms with Gasteiger partial charge in [0.15, 0.2) is 16.8 Å². The number of hydrogen-bond acceptors (Lipinski definition) is 4. The molecule has 0 aliphatic heterocycles. The molecule has 0 atom stereocenters. The van der Waals surface area contributed by atoms with Gasteiger partial charge in [-0.15, -0.1) is 11.3 Å². The summed E-state index contributed by atoms with van der Waals surface area (Å²) in [5.74, 6) is -1.52. The van der Waals surface area contributed by atoms with Gasteiger partial charge in [0.2, 0.25) is 5.91 Å². The van der Waals surface area contributed by atoms with Gasteiger partial charge in [-0.3, -0.25) is 10.1 Å². The summed E-state index contributed by atoms with van der Waals surface area (Å²) >= 11 is 1.20. The van der Waals surface area contributed by atoms with E-state index in [-0.39, 0.29) is 5.91 Å². The Morgan fingerprint density at radius 2 is 2.04 bits per heavy atom. The zero-order valence-corrected chi connectivity index (χ0v) is 15.2. The Balaban J connectivity index is 1.68. The molecule has 0 saturated carbocycles. The van der Waals surface area contributed by atoms with E-state index < -0.39 is 11.6 Å². The molecule has 27 heavy (non-hydrogen) atoms. The van der Waals surface area contributed by atoms with E-state index in [2.05, 4.69) is 10.3 Å². The van der Waals surface area contributed by atoms with Gasteiger partial charge in [-0.25, -0.2) is 13.8 Å². The van der Waals surface area contributed by atoms with Crippen LogP contribution in [-0.2, 0) is 4.79 Å². The smallest absolute Gasteiger partial charge is 0.250 e. The molecule has 3 aromatic rings. The number of nitrogens with zero attached hydrogens (tertiary/aromatic N) is 1. The van der Waals surface area contributed by atoms with Crippen molar-refractivity contribution in [2.24, 2.45) is 0 Å². The van der Waals surface area contributed by atoms with Crippen molar-refractivity contribution in [3.05, 3.63) is 71.1 Å². The molecule has 0 bridgehead atoms. The number of thiazole rings is 1. The topological polar surface area (TPSA) is 51.2 Å². The van der Waals surface area contributed by atoms with E-state index in [1.807, 2.05) is 31.2 Å². The number of halogens is 2. The van der Waals surface area contributed by atoms with E-state index in [9.17, 15) is 13.6 Å². The molecule has 138 valence electrons. The molecule has 2 aromatic carbocycles. The number of benzene rings is 2. The highest BCUT2D eigenvalue weighted by Crippen LogP contribution is 2.26. The van der Waals surface area contributed by atoms with Crippen LogP contribution < -0.4 is 10.1 Å². The lowest BCUT2D eigenvalue weighted by atomic mass is 10.2. The van der Waals surface area contributed by atoms with Crippen molar-refractivity contribution in [1.29, 1.82) is 0 Å². The van der Waals surface area contributed by atoms with E-state index in [0.29, 0.717) is 28.7 Å². The number of para-hydroxylation sites is 1. The zero-order chi connectivity index (χ0) is 19.2. The first kappa shape index (κ1) is 18.7. The maximum atomic E-state index is 13.3. The molecule has 1 amide bonds. The second-order valence-corrected chi connectivity index (χ2v) is 6.32. The number of nitrogens with one attached hydrogen (secondary N) is 1. The normalized spacial score (nSPS) is 10.9. The van der Waals surface area contributed by atoms with Gasteiger partial charge >= 0.3 is 0 Å². The quantitative estimate of drug-likeness (QED) is 0.597. The Kier molecular flexibility index (Phi) is 5.93. The minimum atomic E-state index is -0.943. The Labute approximate surface area is 159 Å². The Bertz CT molecular complexity index is 986. The molecule has 0 fully saturated rings. The standard InChI is InChI=1S/C20H16F2N2O2S/c1-2-26-18-6-4-3-5-13(18)8-10-19(25)24-20-23-17(12-27-20)14-7-9-15(21)16(22)11-14/h3-12H,2H2,1H3,(H,23,24,25)/b10-8+. The van der Waals surface area contributed by atoms with Crippen LogP contribution in [0.5, 0.6) is 5.75 Å². The average molecular weight is 386 g/mol. The molecule has 0 unspecified atom stereocenters. The Hall–Kier alpha value is -3.06. The van der Waals surface area contributed by atoms with Gasteiger partial charge < -0.3 is 4.74 Å². The molecule has 4 nitrogen and oxygen atoms in total. The molecule has 1 N–H and O–H groups in total. The summed E-state index contributed by atoms with van der Waals surface area (Å²) in [5.41, 5.74) is 1.68. The van der Waals surface area contributed by atoms with E-state index in [4.69, 9.17) is 4.74 Å². The van der Waals surface area contributed by atoms with Crippen LogP contribution in [0.4, 0.5) is 13.9 Å². The van der Waals surface area contributed by atoms with Crippen molar-refractivity contribution in [3.8, 4) is 17.0 Å². The summed E-state index contributed by atoms with van der Waals surface area (Å²) in [4.78, 5) is 16.3. The molecule has 3 rings (SSSR count). The predicted molar refractivity (Wildman–Crippen MR) is 103 cm³/mol. The third-order valence-electron chi connectivity index (χ3n) is 3.58. The van der Waals surface area contributed by atoms with Gasteiger partial charge in [0, 0.05) is 22.6 Å². The van der Waals surface area contributed by atoms with Gasteiger partial charge in [0.1, 0.15) is 5.75 Å². The minimum absolute atomic E-state index is 0.354. The van der Waals surface area contributed by atoms with Crippen molar-refractivity contribution < 1.29 is 18.3 Å². The number of ether oxygens (including phenoxy) is 1. The van der Waals surface area contributed by atoms with Crippen molar-refractivity contribution in [1.82, 2.24) is 4.98 Å². The van der Waals surface area contributed by atoms with Crippen LogP contribution in [0.3, 0.4) is 0 Å². The molecular formula is C20H16F2N2O2S. The lowest BCUT2D eigenvalue weighted by Gasteiger charge is -2.06. The van der Waals surface area contributed by atoms with Crippen LogP contribution in [0.15, 0.2) is 53.9 Å². The SMILES string of the molecule is CCOc1ccccc1/C=C/C(=O)Nc1nc(-c2ccc(F)c(F)c2)cs1. The highest BCUT2D eigenvalue weighted by Gasteiger charge is 2.09. The first-order chi connectivity index (χ1) is 13.1. The molecule has 0 saturated heterocycles. The number of carbonyl (C=O) groups excluding carboxylic acids is 1. The van der Waals surface area contributed by atoms with Gasteiger partial charge in [0.25, 0.3) is 0 Å². The van der Waals surface area contributed by atoms with E-state index >= 15 is 0 Å². The Morgan fingerprint density at radius 3 is 2.81 bits per heavy atom. The molecule has 0 aliphatic rings. The van der Waals surface area contributed by atoms with Gasteiger partial charge in [-0.2, -0.15) is 0 Å². The van der Waals surface area contributed by atoms with E-state index in [1.165, 1.54) is 23.5 Å². The molecular weight excluding hydrogens is 370 g/mol. The number of rotatable bonds is 6. The number of anilines is 1. The van der Waals surface area contributed by atoms with E-state index in [1.54, 1.807) is 11.5 Å². The minimum Gasteiger partial charge on any atom is -0.493 e. The molecule has 0 spiro atoms. The summed E-state index contributed by atoms with van der Waals surface area (Å²) in [6.45, 7) is 2.42. The van der Waals surface area contributed by atoms with Gasteiger partial charge in [0.05, 0.1) is 12.3 Å². The highest BCUT2D eigenvalue weighted by atomic mass is 32.1. The first-order valence-electron chi connectivity index (χ1n) is 8.18. The van der Waals surface area contributed by atoms with Crippen LogP contribution in [0.1, 0.15) is 12.5 Å². The maximum absolute atomic E-state index is 13.3. The fourth-order valence-electron chi connectivity index (χ4n) is 2.34. The van der Waals surface area contributed by atoms with Gasteiger partial charge in [-0.1, -0.05) is 18.2 Å². The van der Waals surface area contributed by atoms with Crippen LogP contribution in [0, 0.1) is 11.6 Å². The van der Waals surface area contributed by atoms with Crippen LogP contribution >= 0.6 is 11.3 Å². The largest absolute Gasteiger partial charge is 0.493 e. The maximum Gasteiger partial charge on any atom is 0.250 e. The van der Waals surface area contributed by atoms with Crippen LogP contribution in [0.25, 0.3) is 17.3 Å². The van der Waals surface area contributed by atoms with E-state index in [0.717, 1.165) is 17.7 Å². The molecule has 1 aromatic heterocycles. The lowest BCUT2D eigenvalue weighted by molar-refractivity contribution is -0.111. The molecule has 0 aliphatic carbocycles. The van der Waals surface area contributed by atoms with Gasteiger partial charge in [-0.05, 0) is 37.3 Å². The fourth-order valence-corrected chi connectivity index (χ4v) is 3.06. The Morgan fingerprint density at radius 1 is 1.22 bits per heavy atom. The second-order valence-electron chi connectivity index (χ2n) is 5.46. The summed E-state index contributed by atoms with van der Waals surface area (Å²) in [6, 6.07) is 10.9. The van der Waals surface area contributed by atoms with Crippen LogP contribution in [0.2, 0.25) is 0 Å². The predicted octanol–water partition coefficient (Wildman–Crippen LogP) is 5.14. The number of carbonyl (C=O) groups is 1. The second kappa shape index (κ2) is 8.55. The monoisotopic (exact) mass is 386 g/mol. The third kappa shape index (κ3) is 4.77. The molecule has 7 heteroatoms. The zero-order valence-electron chi connectivity index (χ0n) is 14.4. The van der Waals surface area contributed by atoms with Crippen molar-refractivity contribution in [2.75, 3.05) is 11.9 Å². The fraction of sp³-hybridized carbons (Fsp3) is 0.100. The first-order valence-corrected chi connectivity index (χ1v) is 9.06. The summed E-state index contributed by atoms with van der Waals surface area (Å²) < 4.78 is 31.9. The van der Waals surface area contributed by atoms with Crippen molar-refractivity contribution >= 4 is 28.5 Å². The highest BCUT2D eigenvalue weighted by molar-refractivity contribution is 7.14. The molecule has 0 radical (unpaired) electrons. The number of amides is 1. The third-order valence-corrected chi connectivity index (χ3v) is 4.34. The number of aromatic nitrogens is 1. The summed E-state index contributed by atoms with van der Waals surface area (Å²) in [7, 11) is 0. The van der Waals surface area contributed by atoms with Crippen molar-refractivity contribution in [2.45, 2.75) is 6.92 Å². The number of hydrogen-bond donors (Lipinski definition) is 1. The van der Waals surface area contributed by atoms with Crippen molar-refractivity contribution in [3.63, 3.8) is 0 Å². The summed E-state index contributed by atoms with van der Waals surface area (Å²) in [5, 5.41) is 4.68. The lowest BCUT2D eigenvalue weighted by Crippen LogP contribution is -2.07. The summed E-state index contributed by atoms with van der Waals surface area (Å²) in [6.07, 6.45) is 3.04. The van der Waals surface area contributed by atoms with Crippen LogP contribution in [-0.4, -0.2) is 17.5 Å². The average Bonchev–Trinajstić information content (AvgIpc) is 3.12.